The van der Waals surface area contributed by atoms with Crippen LogP contribution in [0.4, 0.5) is 14.5 Å². The van der Waals surface area contributed by atoms with E-state index in [2.05, 4.69) is 0 Å². The molecule has 140 valence electrons. The number of hydrogen-bond acceptors (Lipinski definition) is 2. The summed E-state index contributed by atoms with van der Waals surface area (Å²) in [6, 6.07) is 16.9. The molecule has 0 radical (unpaired) electrons. The van der Waals surface area contributed by atoms with Crippen molar-refractivity contribution >= 4 is 15.7 Å². The summed E-state index contributed by atoms with van der Waals surface area (Å²) in [6.45, 7) is 3.31. The SMILES string of the molecule is Cc1ccccc1S(=O)(=O)N(c1ccc(F)cc1)C(C)c1ccccc1F. The summed E-state index contributed by atoms with van der Waals surface area (Å²) in [5, 5.41) is 0. The molecule has 3 aromatic rings. The van der Waals surface area contributed by atoms with E-state index in [9.17, 15) is 17.2 Å². The van der Waals surface area contributed by atoms with E-state index in [1.54, 1.807) is 50.2 Å². The third kappa shape index (κ3) is 3.71. The summed E-state index contributed by atoms with van der Waals surface area (Å²) in [5.74, 6) is -0.984. The van der Waals surface area contributed by atoms with Crippen LogP contribution in [0.15, 0.2) is 77.7 Å². The second kappa shape index (κ2) is 7.48. The van der Waals surface area contributed by atoms with Crippen molar-refractivity contribution < 1.29 is 17.2 Å². The summed E-state index contributed by atoms with van der Waals surface area (Å²) in [4.78, 5) is 0.123. The summed E-state index contributed by atoms with van der Waals surface area (Å²) in [7, 11) is -4.02. The molecule has 0 aliphatic rings. The average Bonchev–Trinajstić information content (AvgIpc) is 2.64. The fourth-order valence-corrected chi connectivity index (χ4v) is 4.92. The second-order valence-corrected chi connectivity index (χ2v) is 8.02. The molecule has 3 aromatic carbocycles. The van der Waals surface area contributed by atoms with Gasteiger partial charge in [-0.05, 0) is 55.8 Å². The van der Waals surface area contributed by atoms with Crippen LogP contribution < -0.4 is 4.31 Å². The maximum absolute atomic E-state index is 14.4. The van der Waals surface area contributed by atoms with Crippen molar-refractivity contribution in [1.82, 2.24) is 0 Å². The van der Waals surface area contributed by atoms with E-state index in [0.29, 0.717) is 5.56 Å². The molecule has 3 rings (SSSR count). The van der Waals surface area contributed by atoms with Crippen molar-refractivity contribution in [2.45, 2.75) is 24.8 Å². The zero-order valence-corrected chi connectivity index (χ0v) is 15.7. The van der Waals surface area contributed by atoms with Gasteiger partial charge < -0.3 is 0 Å². The molecule has 0 bridgehead atoms. The van der Waals surface area contributed by atoms with Crippen LogP contribution in [-0.2, 0) is 10.0 Å². The van der Waals surface area contributed by atoms with Crippen LogP contribution in [0.5, 0.6) is 0 Å². The van der Waals surface area contributed by atoms with Gasteiger partial charge in [0.25, 0.3) is 10.0 Å². The minimum atomic E-state index is -4.02. The Morgan fingerprint density at radius 1 is 0.852 bits per heavy atom. The van der Waals surface area contributed by atoms with E-state index < -0.39 is 27.7 Å². The van der Waals surface area contributed by atoms with Crippen molar-refractivity contribution in [3.8, 4) is 0 Å². The Labute approximate surface area is 157 Å². The Balaban J connectivity index is 2.21. The van der Waals surface area contributed by atoms with Crippen molar-refractivity contribution in [3.63, 3.8) is 0 Å². The van der Waals surface area contributed by atoms with Crippen LogP contribution in [0.2, 0.25) is 0 Å². The van der Waals surface area contributed by atoms with E-state index in [-0.39, 0.29) is 16.1 Å². The molecule has 0 aliphatic heterocycles. The lowest BCUT2D eigenvalue weighted by molar-refractivity contribution is 0.568. The van der Waals surface area contributed by atoms with Crippen LogP contribution in [0, 0.1) is 18.6 Å². The molecule has 0 saturated heterocycles. The lowest BCUT2D eigenvalue weighted by Gasteiger charge is -2.31. The number of benzene rings is 3. The normalized spacial score (nSPS) is 12.6. The van der Waals surface area contributed by atoms with Gasteiger partial charge in [-0.3, -0.25) is 4.31 Å². The van der Waals surface area contributed by atoms with E-state index in [1.165, 1.54) is 36.4 Å². The molecule has 0 N–H and O–H groups in total. The third-order valence-corrected chi connectivity index (χ3v) is 6.48. The van der Waals surface area contributed by atoms with E-state index in [0.717, 1.165) is 4.31 Å². The topological polar surface area (TPSA) is 37.4 Å². The fourth-order valence-electron chi connectivity index (χ4n) is 3.05. The molecule has 27 heavy (non-hydrogen) atoms. The molecular weight excluding hydrogens is 368 g/mol. The maximum Gasteiger partial charge on any atom is 0.265 e. The highest BCUT2D eigenvalue weighted by Gasteiger charge is 2.32. The Kier molecular flexibility index (Phi) is 5.28. The zero-order chi connectivity index (χ0) is 19.6. The van der Waals surface area contributed by atoms with Crippen LogP contribution in [-0.4, -0.2) is 8.42 Å². The summed E-state index contributed by atoms with van der Waals surface area (Å²) in [5.41, 5.74) is 1.07. The minimum Gasteiger partial charge on any atom is -0.259 e. The molecular formula is C21H19F2NO2S. The molecule has 6 heteroatoms. The molecule has 0 heterocycles. The van der Waals surface area contributed by atoms with E-state index >= 15 is 0 Å². The number of aryl methyl sites for hydroxylation is 1. The predicted octanol–water partition coefficient (Wildman–Crippen LogP) is 5.23. The quantitative estimate of drug-likeness (QED) is 0.601. The minimum absolute atomic E-state index is 0.123. The fraction of sp³-hybridized carbons (Fsp3) is 0.143. The number of nitrogens with zero attached hydrogens (tertiary/aromatic N) is 1. The van der Waals surface area contributed by atoms with Gasteiger partial charge in [0.1, 0.15) is 11.6 Å². The monoisotopic (exact) mass is 387 g/mol. The standard InChI is InChI=1S/C21H19F2NO2S/c1-15-7-3-6-10-21(15)27(25,26)24(18-13-11-17(22)12-14-18)16(2)19-8-4-5-9-20(19)23/h3-14,16H,1-2H3. The number of anilines is 1. The summed E-state index contributed by atoms with van der Waals surface area (Å²) < 4.78 is 55.8. The summed E-state index contributed by atoms with van der Waals surface area (Å²) >= 11 is 0. The van der Waals surface area contributed by atoms with Crippen LogP contribution in [0.25, 0.3) is 0 Å². The molecule has 0 amide bonds. The van der Waals surface area contributed by atoms with Crippen molar-refractivity contribution in [3.05, 3.63) is 95.6 Å². The maximum atomic E-state index is 14.4. The van der Waals surface area contributed by atoms with Gasteiger partial charge in [0.15, 0.2) is 0 Å². The Morgan fingerprint density at radius 2 is 1.44 bits per heavy atom. The third-order valence-electron chi connectivity index (χ3n) is 4.42. The Bertz CT molecular complexity index is 1050. The summed E-state index contributed by atoms with van der Waals surface area (Å²) in [6.07, 6.45) is 0. The zero-order valence-electron chi connectivity index (χ0n) is 14.9. The van der Waals surface area contributed by atoms with Gasteiger partial charge in [0, 0.05) is 5.56 Å². The average molecular weight is 387 g/mol. The van der Waals surface area contributed by atoms with Crippen LogP contribution >= 0.6 is 0 Å². The van der Waals surface area contributed by atoms with Gasteiger partial charge in [-0.15, -0.1) is 0 Å². The highest BCUT2D eigenvalue weighted by atomic mass is 32.2. The lowest BCUT2D eigenvalue weighted by atomic mass is 10.1. The molecule has 1 atom stereocenters. The van der Waals surface area contributed by atoms with Crippen molar-refractivity contribution in [2.24, 2.45) is 0 Å². The molecule has 0 aromatic heterocycles. The van der Waals surface area contributed by atoms with Crippen LogP contribution in [0.1, 0.15) is 24.1 Å². The van der Waals surface area contributed by atoms with Crippen molar-refractivity contribution in [2.75, 3.05) is 4.31 Å². The van der Waals surface area contributed by atoms with E-state index in [4.69, 9.17) is 0 Å². The largest absolute Gasteiger partial charge is 0.265 e. The predicted molar refractivity (Wildman–Crippen MR) is 102 cm³/mol. The second-order valence-electron chi connectivity index (χ2n) is 6.24. The number of sulfonamides is 1. The highest BCUT2D eigenvalue weighted by Crippen LogP contribution is 2.35. The molecule has 3 nitrogen and oxygen atoms in total. The van der Waals surface area contributed by atoms with E-state index in [1.807, 2.05) is 0 Å². The first-order valence-corrected chi connectivity index (χ1v) is 9.86. The number of rotatable bonds is 5. The van der Waals surface area contributed by atoms with Gasteiger partial charge in [-0.1, -0.05) is 36.4 Å². The van der Waals surface area contributed by atoms with Crippen molar-refractivity contribution in [1.29, 1.82) is 0 Å². The van der Waals surface area contributed by atoms with Gasteiger partial charge in [0.05, 0.1) is 16.6 Å². The smallest absolute Gasteiger partial charge is 0.259 e. The Morgan fingerprint density at radius 3 is 2.07 bits per heavy atom. The highest BCUT2D eigenvalue weighted by molar-refractivity contribution is 7.92. The van der Waals surface area contributed by atoms with Gasteiger partial charge in [0.2, 0.25) is 0 Å². The molecule has 1 unspecified atom stereocenters. The number of halogens is 2. The molecule has 0 saturated carbocycles. The van der Waals surface area contributed by atoms with Gasteiger partial charge >= 0.3 is 0 Å². The van der Waals surface area contributed by atoms with Crippen LogP contribution in [0.3, 0.4) is 0 Å². The first-order valence-electron chi connectivity index (χ1n) is 8.42. The molecule has 0 spiro atoms. The van der Waals surface area contributed by atoms with Gasteiger partial charge in [-0.2, -0.15) is 0 Å². The number of hydrogen-bond donors (Lipinski definition) is 0. The first kappa shape index (κ1) is 19.0. The molecule has 0 aliphatic carbocycles. The Hall–Kier alpha value is -2.73. The van der Waals surface area contributed by atoms with Gasteiger partial charge in [-0.25, -0.2) is 17.2 Å². The lowest BCUT2D eigenvalue weighted by Crippen LogP contribution is -2.34. The first-order chi connectivity index (χ1) is 12.8. The molecule has 0 fully saturated rings.